The van der Waals surface area contributed by atoms with Gasteiger partial charge >= 0.3 is 0 Å². The van der Waals surface area contributed by atoms with Crippen LogP contribution in [0.2, 0.25) is 0 Å². The Balaban J connectivity index is 1.41. The molecule has 0 spiro atoms. The van der Waals surface area contributed by atoms with Crippen LogP contribution in [-0.2, 0) is 14.4 Å². The van der Waals surface area contributed by atoms with Crippen LogP contribution in [-0.4, -0.2) is 23.0 Å². The third-order valence-electron chi connectivity index (χ3n) is 6.14. The van der Waals surface area contributed by atoms with E-state index in [1.54, 1.807) is 0 Å². The summed E-state index contributed by atoms with van der Waals surface area (Å²) in [6.45, 7) is 3.84. The first kappa shape index (κ1) is 21.6. The van der Waals surface area contributed by atoms with E-state index in [4.69, 9.17) is 0 Å². The van der Waals surface area contributed by atoms with Crippen LogP contribution in [0.1, 0.15) is 49.7 Å². The highest BCUT2D eigenvalue weighted by molar-refractivity contribution is 8.00. The predicted octanol–water partition coefficient (Wildman–Crippen LogP) is 5.25. The van der Waals surface area contributed by atoms with Crippen molar-refractivity contribution in [3.63, 3.8) is 0 Å². The maximum Gasteiger partial charge on any atom is 0.247 e. The van der Waals surface area contributed by atoms with Gasteiger partial charge in [-0.15, -0.1) is 11.8 Å². The van der Waals surface area contributed by atoms with Crippen molar-refractivity contribution >= 4 is 40.9 Å². The minimum absolute atomic E-state index is 0.0981. The minimum atomic E-state index is -0.436. The van der Waals surface area contributed by atoms with Gasteiger partial charge in [0.05, 0.1) is 10.9 Å². The van der Waals surface area contributed by atoms with E-state index in [0.29, 0.717) is 5.69 Å². The molecule has 2 fully saturated rings. The van der Waals surface area contributed by atoms with E-state index in [9.17, 15) is 14.4 Å². The molecule has 0 radical (unpaired) electrons. The maximum atomic E-state index is 13.0. The lowest BCUT2D eigenvalue weighted by molar-refractivity contribution is -0.122. The number of thioether (sulfide) groups is 1. The number of nitrogens with zero attached hydrogens (tertiary/aromatic N) is 1. The summed E-state index contributed by atoms with van der Waals surface area (Å²) in [4.78, 5) is 40.4. The number of rotatable bonds is 5. The second kappa shape index (κ2) is 9.27. The Labute approximate surface area is 187 Å². The van der Waals surface area contributed by atoms with Crippen molar-refractivity contribution in [2.75, 3.05) is 10.2 Å². The largest absolute Gasteiger partial charge is 0.326 e. The van der Waals surface area contributed by atoms with Crippen LogP contribution in [0.3, 0.4) is 0 Å². The SMILES string of the molecule is Cc1cccc(C)c1N1C(=O)CC(Sc2ccc(NC(=O)C3CCCCC3)cc2)C1=O. The second-order valence-corrected chi connectivity index (χ2v) is 9.74. The van der Waals surface area contributed by atoms with Gasteiger partial charge in [0.2, 0.25) is 17.7 Å². The van der Waals surface area contributed by atoms with Crippen LogP contribution < -0.4 is 10.2 Å². The van der Waals surface area contributed by atoms with Crippen LogP contribution in [0.5, 0.6) is 0 Å². The molecule has 3 amide bonds. The third kappa shape index (κ3) is 4.69. The Kier molecular flexibility index (Phi) is 6.46. The van der Waals surface area contributed by atoms with Crippen LogP contribution in [0.15, 0.2) is 47.4 Å². The van der Waals surface area contributed by atoms with Gasteiger partial charge < -0.3 is 5.32 Å². The van der Waals surface area contributed by atoms with Gasteiger partial charge in [-0.1, -0.05) is 37.5 Å². The van der Waals surface area contributed by atoms with Crippen LogP contribution in [0, 0.1) is 19.8 Å². The molecule has 0 bridgehead atoms. The number of nitrogens with one attached hydrogen (secondary N) is 1. The number of hydrogen-bond donors (Lipinski definition) is 1. The molecule has 1 N–H and O–H groups in total. The van der Waals surface area contributed by atoms with Gasteiger partial charge in [-0.05, 0) is 62.1 Å². The molecule has 1 unspecified atom stereocenters. The average molecular weight is 437 g/mol. The third-order valence-corrected chi connectivity index (χ3v) is 7.34. The minimum Gasteiger partial charge on any atom is -0.326 e. The number of hydrogen-bond acceptors (Lipinski definition) is 4. The predicted molar refractivity (Wildman–Crippen MR) is 124 cm³/mol. The van der Waals surface area contributed by atoms with E-state index in [2.05, 4.69) is 5.32 Å². The molecule has 4 rings (SSSR count). The van der Waals surface area contributed by atoms with Crippen LogP contribution in [0.4, 0.5) is 11.4 Å². The Morgan fingerprint density at radius 3 is 2.26 bits per heavy atom. The Morgan fingerprint density at radius 2 is 1.61 bits per heavy atom. The molecule has 1 aliphatic carbocycles. The van der Waals surface area contributed by atoms with E-state index in [1.807, 2.05) is 56.3 Å². The molecule has 1 aliphatic heterocycles. The molecule has 1 atom stereocenters. The summed E-state index contributed by atoms with van der Waals surface area (Å²) in [7, 11) is 0. The highest BCUT2D eigenvalue weighted by Crippen LogP contribution is 2.36. The van der Waals surface area contributed by atoms with Crippen molar-refractivity contribution in [2.24, 2.45) is 5.92 Å². The molecule has 5 nitrogen and oxygen atoms in total. The number of carbonyl (C=O) groups excluding carboxylic acids is 3. The van der Waals surface area contributed by atoms with Gasteiger partial charge in [-0.3, -0.25) is 14.4 Å². The summed E-state index contributed by atoms with van der Waals surface area (Å²) in [6, 6.07) is 13.3. The number of aryl methyl sites for hydroxylation is 2. The lowest BCUT2D eigenvalue weighted by Crippen LogP contribution is -2.32. The number of benzene rings is 2. The van der Waals surface area contributed by atoms with Crippen molar-refractivity contribution in [2.45, 2.75) is 62.5 Å². The fourth-order valence-electron chi connectivity index (χ4n) is 4.48. The zero-order valence-electron chi connectivity index (χ0n) is 18.0. The summed E-state index contributed by atoms with van der Waals surface area (Å²) < 4.78 is 0. The second-order valence-electron chi connectivity index (χ2n) is 8.47. The number of anilines is 2. The first-order chi connectivity index (χ1) is 14.9. The highest BCUT2D eigenvalue weighted by Gasteiger charge is 2.41. The average Bonchev–Trinajstić information content (AvgIpc) is 3.03. The smallest absolute Gasteiger partial charge is 0.247 e. The molecule has 2 aliphatic rings. The Morgan fingerprint density at radius 1 is 0.968 bits per heavy atom. The Bertz CT molecular complexity index is 976. The number of amides is 3. The normalized spacial score (nSPS) is 19.7. The quantitative estimate of drug-likeness (QED) is 0.651. The summed E-state index contributed by atoms with van der Waals surface area (Å²) in [5, 5.41) is 2.58. The molecule has 0 aromatic heterocycles. The van der Waals surface area contributed by atoms with Gasteiger partial charge in [0.15, 0.2) is 0 Å². The van der Waals surface area contributed by atoms with Gasteiger partial charge in [-0.25, -0.2) is 4.90 Å². The topological polar surface area (TPSA) is 66.5 Å². The van der Waals surface area contributed by atoms with Crippen molar-refractivity contribution in [3.05, 3.63) is 53.6 Å². The summed E-state index contributed by atoms with van der Waals surface area (Å²) in [5.74, 6) is -0.111. The first-order valence-electron chi connectivity index (χ1n) is 10.9. The first-order valence-corrected chi connectivity index (χ1v) is 11.8. The molecule has 162 valence electrons. The van der Waals surface area contributed by atoms with Crippen molar-refractivity contribution < 1.29 is 14.4 Å². The van der Waals surface area contributed by atoms with Gasteiger partial charge in [0.1, 0.15) is 0 Å². The van der Waals surface area contributed by atoms with Gasteiger partial charge in [-0.2, -0.15) is 0 Å². The van der Waals surface area contributed by atoms with Gasteiger partial charge in [0, 0.05) is 22.9 Å². The van der Waals surface area contributed by atoms with E-state index in [0.717, 1.165) is 47.4 Å². The summed E-state index contributed by atoms with van der Waals surface area (Å²) in [5.41, 5.74) is 3.32. The monoisotopic (exact) mass is 436 g/mol. The molecule has 31 heavy (non-hydrogen) atoms. The Hall–Kier alpha value is -2.60. The van der Waals surface area contributed by atoms with Crippen LogP contribution in [0.25, 0.3) is 0 Å². The number of para-hydroxylation sites is 1. The fourth-order valence-corrected chi connectivity index (χ4v) is 5.53. The van der Waals surface area contributed by atoms with Crippen molar-refractivity contribution in [3.8, 4) is 0 Å². The standard InChI is InChI=1S/C25H28N2O3S/c1-16-7-6-8-17(2)23(16)27-22(28)15-21(25(27)30)31-20-13-11-19(12-14-20)26-24(29)18-9-4-3-5-10-18/h6-8,11-14,18,21H,3-5,9-10,15H2,1-2H3,(H,26,29). The van der Waals surface area contributed by atoms with Crippen LogP contribution >= 0.6 is 11.8 Å². The lowest BCUT2D eigenvalue weighted by Gasteiger charge is -2.21. The maximum absolute atomic E-state index is 13.0. The molecule has 1 saturated heterocycles. The molecule has 6 heteroatoms. The molecule has 1 heterocycles. The van der Waals surface area contributed by atoms with Crippen molar-refractivity contribution in [1.82, 2.24) is 0 Å². The van der Waals surface area contributed by atoms with Gasteiger partial charge in [0.25, 0.3) is 0 Å². The van der Waals surface area contributed by atoms with E-state index >= 15 is 0 Å². The molecule has 2 aromatic rings. The summed E-state index contributed by atoms with van der Waals surface area (Å²) >= 11 is 1.40. The van der Waals surface area contributed by atoms with E-state index < -0.39 is 5.25 Å². The molecule has 1 saturated carbocycles. The number of carbonyl (C=O) groups is 3. The van der Waals surface area contributed by atoms with Crippen molar-refractivity contribution in [1.29, 1.82) is 0 Å². The molecular weight excluding hydrogens is 408 g/mol. The molecular formula is C25H28N2O3S. The zero-order valence-corrected chi connectivity index (χ0v) is 18.8. The van der Waals surface area contributed by atoms with E-state index in [-0.39, 0.29) is 30.1 Å². The van der Waals surface area contributed by atoms with E-state index in [1.165, 1.54) is 23.1 Å². The number of imide groups is 1. The lowest BCUT2D eigenvalue weighted by atomic mass is 9.88. The molecule has 2 aromatic carbocycles. The fraction of sp³-hybridized carbons (Fsp3) is 0.400. The highest BCUT2D eigenvalue weighted by atomic mass is 32.2. The zero-order chi connectivity index (χ0) is 22.0. The summed E-state index contributed by atoms with van der Waals surface area (Å²) in [6.07, 6.45) is 5.60.